The fraction of sp³-hybridized carbons (Fsp3) is 0.364. The zero-order valence-corrected chi connectivity index (χ0v) is 20.4. The van der Waals surface area contributed by atoms with Gasteiger partial charge in [-0.1, -0.05) is 23.2 Å². The quantitative estimate of drug-likeness (QED) is 0.324. The number of nitrogens with zero attached hydrogens (tertiary/aromatic N) is 2. The molecule has 0 saturated heterocycles. The molecule has 1 N–H and O–H groups in total. The zero-order valence-electron chi connectivity index (χ0n) is 18.9. The number of azo groups is 1. The summed E-state index contributed by atoms with van der Waals surface area (Å²) in [7, 11) is 2.87. The second-order valence-electron chi connectivity index (χ2n) is 6.53. The van der Waals surface area contributed by atoms with E-state index in [0.29, 0.717) is 30.5 Å². The van der Waals surface area contributed by atoms with Crippen molar-refractivity contribution in [3.05, 3.63) is 34.3 Å². The number of carbonyl (C=O) groups excluding carboxylic acids is 2. The highest BCUT2D eigenvalue weighted by Crippen LogP contribution is 2.39. The van der Waals surface area contributed by atoms with Gasteiger partial charge in [0.25, 0.3) is 5.91 Å². The molecule has 0 aromatic heterocycles. The molecule has 2 rings (SSSR count). The Morgan fingerprint density at radius 3 is 2.21 bits per heavy atom. The van der Waals surface area contributed by atoms with Gasteiger partial charge in [0.05, 0.1) is 38.1 Å². The monoisotopic (exact) mass is 497 g/mol. The van der Waals surface area contributed by atoms with Gasteiger partial charge < -0.3 is 24.3 Å². The van der Waals surface area contributed by atoms with Crippen molar-refractivity contribution in [2.45, 2.75) is 26.8 Å². The summed E-state index contributed by atoms with van der Waals surface area (Å²) in [6, 6.07) is 4.68. The van der Waals surface area contributed by atoms with Crippen molar-refractivity contribution in [2.75, 3.05) is 32.8 Å². The van der Waals surface area contributed by atoms with Crippen LogP contribution in [0.4, 0.5) is 11.4 Å². The molecule has 33 heavy (non-hydrogen) atoms. The Bertz CT molecular complexity index is 1050. The van der Waals surface area contributed by atoms with E-state index >= 15 is 0 Å². The van der Waals surface area contributed by atoms with E-state index in [-0.39, 0.29) is 27.2 Å². The third-order valence-corrected chi connectivity index (χ3v) is 4.93. The maximum atomic E-state index is 12.8. The summed E-state index contributed by atoms with van der Waals surface area (Å²) >= 11 is 12.5. The lowest BCUT2D eigenvalue weighted by molar-refractivity contribution is -0.126. The highest BCUT2D eigenvalue weighted by atomic mass is 35.5. The number of carbonyl (C=O) groups is 2. The normalized spacial score (nSPS) is 11.7. The number of halogens is 2. The van der Waals surface area contributed by atoms with Crippen molar-refractivity contribution >= 4 is 46.3 Å². The van der Waals surface area contributed by atoms with Gasteiger partial charge in [0, 0.05) is 18.2 Å². The molecule has 0 aliphatic rings. The van der Waals surface area contributed by atoms with Crippen LogP contribution >= 0.6 is 23.2 Å². The molecule has 0 aliphatic carbocycles. The molecule has 0 aliphatic heterocycles. The van der Waals surface area contributed by atoms with E-state index in [0.717, 1.165) is 0 Å². The van der Waals surface area contributed by atoms with E-state index in [4.69, 9.17) is 42.1 Å². The molecule has 0 radical (unpaired) electrons. The van der Waals surface area contributed by atoms with Gasteiger partial charge in [-0.15, -0.1) is 0 Å². The van der Waals surface area contributed by atoms with Gasteiger partial charge in [-0.05, 0) is 26.8 Å². The van der Waals surface area contributed by atoms with Gasteiger partial charge in [0.2, 0.25) is 6.04 Å². The van der Waals surface area contributed by atoms with E-state index in [2.05, 4.69) is 15.5 Å². The Morgan fingerprint density at radius 1 is 0.970 bits per heavy atom. The van der Waals surface area contributed by atoms with Gasteiger partial charge in [-0.3, -0.25) is 9.59 Å². The van der Waals surface area contributed by atoms with E-state index in [1.165, 1.54) is 33.3 Å². The van der Waals surface area contributed by atoms with Crippen LogP contribution in [0.1, 0.15) is 20.8 Å². The number of benzene rings is 2. The van der Waals surface area contributed by atoms with Crippen molar-refractivity contribution in [1.82, 2.24) is 0 Å². The van der Waals surface area contributed by atoms with E-state index in [1.807, 2.05) is 6.92 Å². The maximum Gasteiger partial charge on any atom is 0.258 e. The van der Waals surface area contributed by atoms with Crippen molar-refractivity contribution in [1.29, 1.82) is 0 Å². The molecule has 1 atom stereocenters. The zero-order chi connectivity index (χ0) is 24.5. The molecule has 0 saturated carbocycles. The maximum absolute atomic E-state index is 12.8. The van der Waals surface area contributed by atoms with Crippen LogP contribution in [0.15, 0.2) is 34.5 Å². The first-order valence-corrected chi connectivity index (χ1v) is 10.7. The molecule has 1 unspecified atom stereocenters. The number of rotatable bonds is 11. The minimum atomic E-state index is -1.45. The second kappa shape index (κ2) is 12.3. The first-order chi connectivity index (χ1) is 15.7. The third kappa shape index (κ3) is 6.72. The van der Waals surface area contributed by atoms with Crippen molar-refractivity contribution in [3.8, 4) is 23.0 Å². The number of amides is 1. The number of ether oxygens (including phenoxy) is 4. The van der Waals surface area contributed by atoms with Gasteiger partial charge in [-0.2, -0.15) is 10.2 Å². The Balaban J connectivity index is 2.36. The van der Waals surface area contributed by atoms with Crippen molar-refractivity contribution in [3.63, 3.8) is 0 Å². The fourth-order valence-electron chi connectivity index (χ4n) is 2.74. The summed E-state index contributed by atoms with van der Waals surface area (Å²) in [5.74, 6) is 0.201. The standard InChI is InChI=1S/C22H25Cl2N3O6/c1-6-32-13-8-16(20(24)19(9-13)33-7-2)26-27-21(12(3)28)22(29)25-15-10-14(23)17(30-4)11-18(15)31-5/h8-11,21H,6-7H2,1-5H3,(H,25,29). The number of anilines is 1. The molecule has 0 bridgehead atoms. The predicted octanol–water partition coefficient (Wildman–Crippen LogP) is 5.49. The highest BCUT2D eigenvalue weighted by molar-refractivity contribution is 6.34. The van der Waals surface area contributed by atoms with E-state index < -0.39 is 17.7 Å². The predicted molar refractivity (Wildman–Crippen MR) is 126 cm³/mol. The van der Waals surface area contributed by atoms with Gasteiger partial charge in [0.1, 0.15) is 33.7 Å². The molecule has 0 fully saturated rings. The van der Waals surface area contributed by atoms with Crippen LogP contribution in [0, 0.1) is 0 Å². The van der Waals surface area contributed by atoms with E-state index in [1.54, 1.807) is 19.1 Å². The molecule has 9 nitrogen and oxygen atoms in total. The number of nitrogens with one attached hydrogen (secondary N) is 1. The van der Waals surface area contributed by atoms with Crippen LogP contribution in [0.2, 0.25) is 10.0 Å². The minimum Gasteiger partial charge on any atom is -0.495 e. The average Bonchev–Trinajstić information content (AvgIpc) is 2.77. The van der Waals surface area contributed by atoms with Crippen LogP contribution in [0.25, 0.3) is 0 Å². The molecule has 1 amide bonds. The van der Waals surface area contributed by atoms with Crippen LogP contribution in [0.5, 0.6) is 23.0 Å². The number of methoxy groups -OCH3 is 2. The molecule has 0 heterocycles. The molecule has 0 spiro atoms. The third-order valence-electron chi connectivity index (χ3n) is 4.25. The van der Waals surface area contributed by atoms with E-state index in [9.17, 15) is 9.59 Å². The summed E-state index contributed by atoms with van der Waals surface area (Å²) in [6.07, 6.45) is 0. The van der Waals surface area contributed by atoms with Gasteiger partial charge in [-0.25, -0.2) is 0 Å². The van der Waals surface area contributed by atoms with Crippen molar-refractivity contribution in [2.24, 2.45) is 10.2 Å². The Hall–Kier alpha value is -3.04. The summed E-state index contributed by atoms with van der Waals surface area (Å²) in [5, 5.41) is 11.0. The Morgan fingerprint density at radius 2 is 1.64 bits per heavy atom. The first kappa shape index (κ1) is 26.2. The average molecular weight is 498 g/mol. The van der Waals surface area contributed by atoms with Crippen molar-refractivity contribution < 1.29 is 28.5 Å². The smallest absolute Gasteiger partial charge is 0.258 e. The molecule has 11 heteroatoms. The summed E-state index contributed by atoms with van der Waals surface area (Å²) in [5.41, 5.74) is 0.431. The SMILES string of the molecule is CCOc1cc(N=NC(C(C)=O)C(=O)Nc2cc(Cl)c(OC)cc2OC)c(Cl)c(OCC)c1. The molecular formula is C22H25Cl2N3O6. The van der Waals surface area contributed by atoms with Crippen LogP contribution in [0.3, 0.4) is 0 Å². The lowest BCUT2D eigenvalue weighted by Gasteiger charge is -2.15. The van der Waals surface area contributed by atoms with Crippen LogP contribution in [-0.4, -0.2) is 45.2 Å². The minimum absolute atomic E-state index is 0.176. The number of hydrogen-bond acceptors (Lipinski definition) is 8. The molecule has 178 valence electrons. The summed E-state index contributed by atoms with van der Waals surface area (Å²) in [4.78, 5) is 25.0. The highest BCUT2D eigenvalue weighted by Gasteiger charge is 2.25. The van der Waals surface area contributed by atoms with Gasteiger partial charge >= 0.3 is 0 Å². The van der Waals surface area contributed by atoms with Crippen LogP contribution < -0.4 is 24.3 Å². The molecular weight excluding hydrogens is 473 g/mol. The largest absolute Gasteiger partial charge is 0.495 e. The first-order valence-electron chi connectivity index (χ1n) is 9.98. The Labute approximate surface area is 202 Å². The molecule has 2 aromatic rings. The summed E-state index contributed by atoms with van der Waals surface area (Å²) in [6.45, 7) is 5.64. The van der Waals surface area contributed by atoms with Crippen LogP contribution in [-0.2, 0) is 9.59 Å². The molecule has 2 aromatic carbocycles. The number of Topliss-reactive ketones (excluding diaryl/α,β-unsaturated/α-hetero) is 1. The lowest BCUT2D eigenvalue weighted by atomic mass is 10.2. The van der Waals surface area contributed by atoms with Gasteiger partial charge in [0.15, 0.2) is 5.78 Å². The topological polar surface area (TPSA) is 108 Å². The fourth-order valence-corrected chi connectivity index (χ4v) is 3.18. The second-order valence-corrected chi connectivity index (χ2v) is 7.31. The number of hydrogen-bond donors (Lipinski definition) is 1. The number of ketones is 1. The lowest BCUT2D eigenvalue weighted by Crippen LogP contribution is -2.32. The Kier molecular flexibility index (Phi) is 9.74. The summed E-state index contributed by atoms with van der Waals surface area (Å²) < 4.78 is 21.4.